The SMILES string of the molecule is CC.C\C=C/C(F)=C\C(=C\B1OC(C)(C)C(C)(C)O1)OCCOCCC. The molecule has 0 aliphatic carbocycles. The summed E-state index contributed by atoms with van der Waals surface area (Å²) in [5.41, 5.74) is -0.899. The zero-order valence-electron chi connectivity index (χ0n) is 17.7. The van der Waals surface area contributed by atoms with Crippen molar-refractivity contribution in [3.63, 3.8) is 0 Å². The van der Waals surface area contributed by atoms with Crippen molar-refractivity contribution in [3.8, 4) is 0 Å². The number of allylic oxidation sites excluding steroid dienone is 4. The molecule has 0 amide bonds. The molecule has 1 aliphatic heterocycles. The van der Waals surface area contributed by atoms with Crippen molar-refractivity contribution in [3.05, 3.63) is 35.8 Å². The molecule has 1 saturated heterocycles. The third kappa shape index (κ3) is 8.52. The minimum atomic E-state index is -0.587. The fraction of sp³-hybridized carbons (Fsp3) is 0.700. The highest BCUT2D eigenvalue weighted by Gasteiger charge is 2.50. The summed E-state index contributed by atoms with van der Waals surface area (Å²) in [6.45, 7) is 17.1. The van der Waals surface area contributed by atoms with Crippen LogP contribution in [0.1, 0.15) is 61.8 Å². The second-order valence-corrected chi connectivity index (χ2v) is 6.68. The number of hydrogen-bond acceptors (Lipinski definition) is 4. The van der Waals surface area contributed by atoms with E-state index in [0.717, 1.165) is 6.42 Å². The zero-order chi connectivity index (χ0) is 20.2. The van der Waals surface area contributed by atoms with Gasteiger partial charge in [0.2, 0.25) is 0 Å². The molecule has 4 nitrogen and oxygen atoms in total. The summed E-state index contributed by atoms with van der Waals surface area (Å²) in [5, 5.41) is 0. The second-order valence-electron chi connectivity index (χ2n) is 6.68. The van der Waals surface area contributed by atoms with Crippen LogP contribution in [0.3, 0.4) is 0 Å². The van der Waals surface area contributed by atoms with E-state index in [4.69, 9.17) is 18.8 Å². The van der Waals surface area contributed by atoms with Crippen molar-refractivity contribution < 1.29 is 23.2 Å². The standard InChI is InChI=1S/C18H30BFO4.C2H6/c1-7-9-15(20)13-16(22-12-11-21-10-8-2)14-19-23-17(3,4)18(5,6)24-19;1-2/h7,9,13-14H,8,10-12H2,1-6H3;1-2H3/b9-7-,15-13+,16-14-;. The molecule has 0 saturated carbocycles. The topological polar surface area (TPSA) is 36.9 Å². The smallest absolute Gasteiger partial charge is 0.490 e. The lowest BCUT2D eigenvalue weighted by Gasteiger charge is -2.32. The highest BCUT2D eigenvalue weighted by atomic mass is 19.1. The normalized spacial score (nSPS) is 19.5. The number of hydrogen-bond donors (Lipinski definition) is 0. The molecule has 0 spiro atoms. The largest absolute Gasteiger partial charge is 0.492 e. The zero-order valence-corrected chi connectivity index (χ0v) is 17.7. The van der Waals surface area contributed by atoms with Gasteiger partial charge < -0.3 is 18.8 Å². The molecule has 1 heterocycles. The summed E-state index contributed by atoms with van der Waals surface area (Å²) in [6, 6.07) is 0. The quantitative estimate of drug-likeness (QED) is 0.236. The molecule has 6 heteroatoms. The summed E-state index contributed by atoms with van der Waals surface area (Å²) in [7, 11) is -0.587. The van der Waals surface area contributed by atoms with Crippen molar-refractivity contribution in [1.29, 1.82) is 0 Å². The van der Waals surface area contributed by atoms with E-state index in [-0.39, 0.29) is 0 Å². The van der Waals surface area contributed by atoms with Gasteiger partial charge in [-0.25, -0.2) is 4.39 Å². The predicted molar refractivity (Wildman–Crippen MR) is 107 cm³/mol. The van der Waals surface area contributed by atoms with Gasteiger partial charge in [-0.3, -0.25) is 0 Å². The average Bonchev–Trinajstić information content (AvgIpc) is 2.76. The highest BCUT2D eigenvalue weighted by molar-refractivity contribution is 6.51. The molecule has 1 aliphatic rings. The molecule has 0 unspecified atom stereocenters. The maximum atomic E-state index is 13.8. The van der Waals surface area contributed by atoms with Gasteiger partial charge in [0.15, 0.2) is 0 Å². The maximum Gasteiger partial charge on any atom is 0.490 e. The van der Waals surface area contributed by atoms with E-state index in [0.29, 0.717) is 25.6 Å². The first kappa shape index (κ1) is 24.9. The Balaban J connectivity index is 0.00000301. The molecule has 0 bridgehead atoms. The molecule has 0 aromatic carbocycles. The average molecular weight is 370 g/mol. The van der Waals surface area contributed by atoms with Crippen LogP contribution < -0.4 is 0 Å². The molecule has 0 atom stereocenters. The predicted octanol–water partition coefficient (Wildman–Crippen LogP) is 5.40. The van der Waals surface area contributed by atoms with Gasteiger partial charge >= 0.3 is 7.12 Å². The maximum absolute atomic E-state index is 13.8. The monoisotopic (exact) mass is 370 g/mol. The van der Waals surface area contributed by atoms with Crippen molar-refractivity contribution in [2.45, 2.75) is 73.0 Å². The van der Waals surface area contributed by atoms with E-state index in [2.05, 4.69) is 0 Å². The molecule has 0 radical (unpaired) electrons. The Morgan fingerprint density at radius 3 is 2.12 bits per heavy atom. The first-order chi connectivity index (χ1) is 12.2. The molecule has 26 heavy (non-hydrogen) atoms. The van der Waals surface area contributed by atoms with E-state index < -0.39 is 24.1 Å². The van der Waals surface area contributed by atoms with Gasteiger partial charge in [-0.2, -0.15) is 0 Å². The van der Waals surface area contributed by atoms with Gasteiger partial charge in [-0.05, 0) is 53.1 Å². The van der Waals surface area contributed by atoms with Crippen LogP contribution in [0.4, 0.5) is 4.39 Å². The van der Waals surface area contributed by atoms with Crippen LogP contribution >= 0.6 is 0 Å². The Labute approximate surface area is 159 Å². The first-order valence-corrected chi connectivity index (χ1v) is 9.49. The van der Waals surface area contributed by atoms with Crippen LogP contribution in [0.2, 0.25) is 0 Å². The van der Waals surface area contributed by atoms with Crippen LogP contribution in [0, 0.1) is 0 Å². The lowest BCUT2D eigenvalue weighted by Crippen LogP contribution is -2.41. The third-order valence-electron chi connectivity index (χ3n) is 4.02. The molecule has 1 fully saturated rings. The van der Waals surface area contributed by atoms with Gasteiger partial charge in [0, 0.05) is 12.7 Å². The minimum absolute atomic E-state index is 0.338. The van der Waals surface area contributed by atoms with E-state index in [1.54, 1.807) is 19.0 Å². The van der Waals surface area contributed by atoms with E-state index in [1.807, 2.05) is 48.5 Å². The molecule has 0 aromatic rings. The minimum Gasteiger partial charge on any atom is -0.492 e. The summed E-state index contributed by atoms with van der Waals surface area (Å²) >= 11 is 0. The summed E-state index contributed by atoms with van der Waals surface area (Å²) in [4.78, 5) is 0. The van der Waals surface area contributed by atoms with Gasteiger partial charge in [0.25, 0.3) is 0 Å². The van der Waals surface area contributed by atoms with E-state index in [9.17, 15) is 4.39 Å². The lowest BCUT2D eigenvalue weighted by molar-refractivity contribution is 0.00578. The third-order valence-corrected chi connectivity index (χ3v) is 4.02. The Morgan fingerprint density at radius 1 is 1.04 bits per heavy atom. The Morgan fingerprint density at radius 2 is 1.62 bits per heavy atom. The van der Waals surface area contributed by atoms with Crippen molar-refractivity contribution in [2.75, 3.05) is 19.8 Å². The highest BCUT2D eigenvalue weighted by Crippen LogP contribution is 2.37. The van der Waals surface area contributed by atoms with Gasteiger partial charge in [0.05, 0.1) is 17.8 Å². The van der Waals surface area contributed by atoms with Crippen LogP contribution in [-0.4, -0.2) is 38.1 Å². The fourth-order valence-corrected chi connectivity index (χ4v) is 2.04. The van der Waals surface area contributed by atoms with E-state index >= 15 is 0 Å². The molecule has 0 N–H and O–H groups in total. The van der Waals surface area contributed by atoms with E-state index in [1.165, 1.54) is 12.2 Å². The first-order valence-electron chi connectivity index (χ1n) is 9.49. The second kappa shape index (κ2) is 12.3. The molecule has 0 aromatic heterocycles. The Hall–Kier alpha value is -1.11. The Bertz CT molecular complexity index is 468. The van der Waals surface area contributed by atoms with Crippen molar-refractivity contribution >= 4 is 7.12 Å². The van der Waals surface area contributed by atoms with Gasteiger partial charge in [-0.15, -0.1) is 0 Å². The number of halogens is 1. The molecule has 150 valence electrons. The molecular weight excluding hydrogens is 334 g/mol. The number of ether oxygens (including phenoxy) is 2. The number of rotatable bonds is 9. The van der Waals surface area contributed by atoms with Crippen LogP contribution in [0.25, 0.3) is 0 Å². The van der Waals surface area contributed by atoms with Crippen molar-refractivity contribution in [2.24, 2.45) is 0 Å². The summed E-state index contributed by atoms with van der Waals surface area (Å²) in [6.07, 6.45) is 5.27. The summed E-state index contributed by atoms with van der Waals surface area (Å²) in [5.74, 6) is 1.62. The van der Waals surface area contributed by atoms with Crippen LogP contribution in [0.5, 0.6) is 0 Å². The van der Waals surface area contributed by atoms with Gasteiger partial charge in [0.1, 0.15) is 18.2 Å². The lowest BCUT2D eigenvalue weighted by atomic mass is 9.89. The summed E-state index contributed by atoms with van der Waals surface area (Å²) < 4.78 is 36.6. The van der Waals surface area contributed by atoms with Crippen molar-refractivity contribution in [1.82, 2.24) is 0 Å². The molecule has 1 rings (SSSR count). The Kier molecular flexibility index (Phi) is 11.8. The molecular formula is C20H36BFO4. The van der Waals surface area contributed by atoms with Crippen LogP contribution in [-0.2, 0) is 18.8 Å². The van der Waals surface area contributed by atoms with Gasteiger partial charge in [-0.1, -0.05) is 26.8 Å². The van der Waals surface area contributed by atoms with Crippen LogP contribution in [0.15, 0.2) is 35.8 Å². The fourth-order valence-electron chi connectivity index (χ4n) is 2.04.